The van der Waals surface area contributed by atoms with E-state index in [2.05, 4.69) is 88.4 Å². The topological polar surface area (TPSA) is 12.9 Å². The first kappa shape index (κ1) is 18.9. The second-order valence-electron chi connectivity index (χ2n) is 9.95. The quantitative estimate of drug-likeness (QED) is 0.248. The van der Waals surface area contributed by atoms with Crippen molar-refractivity contribution in [2.75, 3.05) is 0 Å². The lowest BCUT2D eigenvalue weighted by Crippen LogP contribution is -2.09. The second-order valence-corrected chi connectivity index (χ2v) is 11.0. The summed E-state index contributed by atoms with van der Waals surface area (Å²) in [6, 6.07) is 22.6. The third-order valence-electron chi connectivity index (χ3n) is 6.34. The molecule has 0 unspecified atom stereocenters. The van der Waals surface area contributed by atoms with Crippen molar-refractivity contribution in [1.29, 1.82) is 0 Å². The van der Waals surface area contributed by atoms with E-state index in [0.717, 1.165) is 12.1 Å². The summed E-state index contributed by atoms with van der Waals surface area (Å²) in [5.74, 6) is 0. The van der Waals surface area contributed by atoms with Gasteiger partial charge in [-0.2, -0.15) is 0 Å². The van der Waals surface area contributed by atoms with Crippen molar-refractivity contribution < 1.29 is 0 Å². The van der Waals surface area contributed by atoms with Crippen LogP contribution in [-0.2, 0) is 6.42 Å². The normalized spacial score (nSPS) is 13.2. The van der Waals surface area contributed by atoms with Crippen LogP contribution in [-0.4, -0.2) is 4.98 Å². The van der Waals surface area contributed by atoms with Crippen LogP contribution in [0.15, 0.2) is 76.7 Å². The molecule has 0 amide bonds. The molecule has 0 spiro atoms. The third-order valence-corrected chi connectivity index (χ3v) is 7.62. The smallest absolute Gasteiger partial charge is 0.0803 e. The molecule has 31 heavy (non-hydrogen) atoms. The van der Waals surface area contributed by atoms with Gasteiger partial charge in [-0.05, 0) is 75.0 Å². The van der Waals surface area contributed by atoms with Crippen LogP contribution in [0.1, 0.15) is 31.9 Å². The highest BCUT2D eigenvalue weighted by Crippen LogP contribution is 2.51. The summed E-state index contributed by atoms with van der Waals surface area (Å²) in [5, 5.41) is 7.89. The second kappa shape index (κ2) is 6.58. The molecule has 0 bridgehead atoms. The minimum Gasteiger partial charge on any atom is -0.256 e. The fraction of sp³-hybridized carbons (Fsp3) is 0.207. The maximum Gasteiger partial charge on any atom is 0.0803 e. The van der Waals surface area contributed by atoms with Gasteiger partial charge in [0.1, 0.15) is 0 Å². The molecule has 2 heteroatoms. The van der Waals surface area contributed by atoms with Gasteiger partial charge in [0.2, 0.25) is 0 Å². The Morgan fingerprint density at radius 2 is 1.65 bits per heavy atom. The first-order valence-corrected chi connectivity index (χ1v) is 11.8. The zero-order chi connectivity index (χ0) is 21.3. The summed E-state index contributed by atoms with van der Waals surface area (Å²) in [5.41, 5.74) is 5.42. The van der Waals surface area contributed by atoms with Gasteiger partial charge in [-0.1, -0.05) is 75.0 Å². The molecule has 0 N–H and O–H groups in total. The zero-order valence-corrected chi connectivity index (χ0v) is 19.2. The van der Waals surface area contributed by atoms with E-state index in [1.807, 2.05) is 18.0 Å². The molecule has 2 heterocycles. The summed E-state index contributed by atoms with van der Waals surface area (Å²) in [6.45, 7) is 9.16. The maximum absolute atomic E-state index is 4.90. The predicted octanol–water partition coefficient (Wildman–Crippen LogP) is 8.57. The fourth-order valence-electron chi connectivity index (χ4n) is 5.05. The molecule has 0 fully saturated rings. The van der Waals surface area contributed by atoms with E-state index in [1.54, 1.807) is 0 Å². The minimum atomic E-state index is 0.273. The third kappa shape index (κ3) is 2.96. The van der Waals surface area contributed by atoms with Gasteiger partial charge in [0, 0.05) is 26.9 Å². The molecule has 152 valence electrons. The molecule has 1 aliphatic rings. The van der Waals surface area contributed by atoms with Gasteiger partial charge in [0.05, 0.1) is 5.69 Å². The Balaban J connectivity index is 1.67. The lowest BCUT2D eigenvalue weighted by atomic mass is 9.87. The molecule has 1 aromatic heterocycles. The van der Waals surface area contributed by atoms with E-state index in [0.29, 0.717) is 0 Å². The summed E-state index contributed by atoms with van der Waals surface area (Å²) in [7, 11) is 0. The van der Waals surface area contributed by atoms with Crippen LogP contribution in [0.3, 0.4) is 0 Å². The van der Waals surface area contributed by atoms with E-state index in [1.165, 1.54) is 58.8 Å². The summed E-state index contributed by atoms with van der Waals surface area (Å²) in [6.07, 6.45) is 3.06. The molecule has 1 nitrogen and oxygen atoms in total. The monoisotopic (exact) mass is 419 g/mol. The van der Waals surface area contributed by atoms with Crippen LogP contribution < -0.4 is 0 Å². The molecule has 0 radical (unpaired) electrons. The van der Waals surface area contributed by atoms with E-state index < -0.39 is 0 Å². The summed E-state index contributed by atoms with van der Waals surface area (Å²) in [4.78, 5) is 7.56. The first-order valence-electron chi connectivity index (χ1n) is 10.9. The Labute approximate surface area is 187 Å². The molecule has 6 rings (SSSR count). The van der Waals surface area contributed by atoms with E-state index in [-0.39, 0.29) is 5.41 Å². The number of hydrogen-bond acceptors (Lipinski definition) is 2. The van der Waals surface area contributed by atoms with Crippen molar-refractivity contribution in [3.8, 4) is 11.3 Å². The Hall–Kier alpha value is -2.84. The number of nitrogens with zero attached hydrogens (tertiary/aromatic N) is 1. The van der Waals surface area contributed by atoms with Crippen LogP contribution >= 0.6 is 11.8 Å². The van der Waals surface area contributed by atoms with Crippen molar-refractivity contribution >= 4 is 44.1 Å². The average Bonchev–Trinajstić information content (AvgIpc) is 2.74. The number of aromatic nitrogens is 1. The molecular formula is C29H25NS. The van der Waals surface area contributed by atoms with Gasteiger partial charge in [0.25, 0.3) is 0 Å². The number of pyridine rings is 1. The zero-order valence-electron chi connectivity index (χ0n) is 18.4. The molecule has 4 aromatic carbocycles. The Morgan fingerprint density at radius 1 is 0.839 bits per heavy atom. The van der Waals surface area contributed by atoms with Gasteiger partial charge in [-0.3, -0.25) is 4.98 Å². The standard InChI is InChI=1S/C29H25NS/c1-17-21-8-6-5-7-19(21)14-24-27-26-22(11-12-30-27)23-13-18(16-29(2,3)4)9-10-20(23)15-25(26)31-28(17)24/h5-15H,16H2,1-4H3. The number of aryl methyl sites for hydroxylation is 1. The Morgan fingerprint density at radius 3 is 2.48 bits per heavy atom. The molecule has 0 aliphatic carbocycles. The number of rotatable bonds is 1. The van der Waals surface area contributed by atoms with Gasteiger partial charge in [0.15, 0.2) is 0 Å². The lowest BCUT2D eigenvalue weighted by molar-refractivity contribution is 0.411. The molecule has 5 aromatic rings. The molecular weight excluding hydrogens is 394 g/mol. The highest BCUT2D eigenvalue weighted by Gasteiger charge is 2.24. The van der Waals surface area contributed by atoms with Crippen molar-refractivity contribution in [3.63, 3.8) is 0 Å². The highest BCUT2D eigenvalue weighted by molar-refractivity contribution is 8.00. The fourth-order valence-corrected chi connectivity index (χ4v) is 6.29. The first-order chi connectivity index (χ1) is 14.9. The molecule has 0 atom stereocenters. The van der Waals surface area contributed by atoms with Gasteiger partial charge >= 0.3 is 0 Å². The van der Waals surface area contributed by atoms with Crippen LogP contribution in [0, 0.1) is 12.3 Å². The minimum absolute atomic E-state index is 0.273. The van der Waals surface area contributed by atoms with Gasteiger partial charge in [-0.25, -0.2) is 0 Å². The largest absolute Gasteiger partial charge is 0.256 e. The predicted molar refractivity (Wildman–Crippen MR) is 134 cm³/mol. The number of benzene rings is 4. The van der Waals surface area contributed by atoms with Crippen LogP contribution in [0.5, 0.6) is 0 Å². The van der Waals surface area contributed by atoms with Crippen molar-refractivity contribution in [2.24, 2.45) is 5.41 Å². The number of hydrogen-bond donors (Lipinski definition) is 0. The average molecular weight is 420 g/mol. The van der Waals surface area contributed by atoms with Crippen molar-refractivity contribution in [1.82, 2.24) is 4.98 Å². The summed E-state index contributed by atoms with van der Waals surface area (Å²) < 4.78 is 0. The van der Waals surface area contributed by atoms with E-state index >= 15 is 0 Å². The van der Waals surface area contributed by atoms with Crippen molar-refractivity contribution in [2.45, 2.75) is 43.9 Å². The molecule has 0 saturated heterocycles. The van der Waals surface area contributed by atoms with Gasteiger partial charge < -0.3 is 0 Å². The van der Waals surface area contributed by atoms with Crippen LogP contribution in [0.4, 0.5) is 0 Å². The Kier molecular flexibility index (Phi) is 4.01. The SMILES string of the molecule is Cc1c2c(cc3ccccc13)-c1nccc3c1c(cc1ccc(CC(C)(C)C)cc13)S2. The van der Waals surface area contributed by atoms with E-state index in [4.69, 9.17) is 4.98 Å². The van der Waals surface area contributed by atoms with E-state index in [9.17, 15) is 0 Å². The highest BCUT2D eigenvalue weighted by atomic mass is 32.2. The summed E-state index contributed by atoms with van der Waals surface area (Å²) >= 11 is 1.91. The maximum atomic E-state index is 4.90. The lowest BCUT2D eigenvalue weighted by Gasteiger charge is -2.24. The van der Waals surface area contributed by atoms with Crippen LogP contribution in [0.25, 0.3) is 43.6 Å². The number of fused-ring (bicyclic) bond motifs is 5. The molecule has 0 saturated carbocycles. The van der Waals surface area contributed by atoms with Crippen LogP contribution in [0.2, 0.25) is 0 Å². The Bertz CT molecular complexity index is 1520. The van der Waals surface area contributed by atoms with Gasteiger partial charge in [-0.15, -0.1) is 0 Å². The molecule has 1 aliphatic heterocycles. The van der Waals surface area contributed by atoms with Crippen molar-refractivity contribution in [3.05, 3.63) is 78.0 Å².